The first-order valence-electron chi connectivity index (χ1n) is 4.83. The van der Waals surface area contributed by atoms with E-state index in [4.69, 9.17) is 4.74 Å². The van der Waals surface area contributed by atoms with E-state index in [0.29, 0.717) is 24.4 Å². The van der Waals surface area contributed by atoms with Crippen molar-refractivity contribution in [2.45, 2.75) is 26.7 Å². The molecule has 0 unspecified atom stereocenters. The van der Waals surface area contributed by atoms with Gasteiger partial charge in [-0.25, -0.2) is 0 Å². The molecule has 0 aromatic carbocycles. The molecular formula is C11H14O3. The highest BCUT2D eigenvalue weighted by molar-refractivity contribution is 6.48. The Labute approximate surface area is 83.4 Å². The first-order chi connectivity index (χ1) is 6.70. The molecule has 14 heavy (non-hydrogen) atoms. The van der Waals surface area contributed by atoms with E-state index in [-0.39, 0.29) is 0 Å². The van der Waals surface area contributed by atoms with Crippen LogP contribution in [0.3, 0.4) is 0 Å². The Morgan fingerprint density at radius 2 is 1.93 bits per heavy atom. The van der Waals surface area contributed by atoms with Crippen LogP contribution >= 0.6 is 0 Å². The van der Waals surface area contributed by atoms with Crippen molar-refractivity contribution < 1.29 is 14.3 Å². The molecule has 0 amide bonds. The number of hydrogen-bond donors (Lipinski definition) is 0. The first-order valence-corrected chi connectivity index (χ1v) is 4.83. The van der Waals surface area contributed by atoms with Crippen LogP contribution in [0.5, 0.6) is 0 Å². The van der Waals surface area contributed by atoms with E-state index in [0.717, 1.165) is 6.42 Å². The van der Waals surface area contributed by atoms with Crippen molar-refractivity contribution >= 4 is 11.6 Å². The maximum absolute atomic E-state index is 11.5. The number of rotatable bonds is 4. The van der Waals surface area contributed by atoms with E-state index in [1.54, 1.807) is 6.08 Å². The topological polar surface area (TPSA) is 43.4 Å². The molecule has 0 N–H and O–H groups in total. The Balaban J connectivity index is 2.97. The van der Waals surface area contributed by atoms with Crippen LogP contribution in [0.1, 0.15) is 26.7 Å². The number of carbonyl (C=O) groups excluding carboxylic acids is 2. The summed E-state index contributed by atoms with van der Waals surface area (Å²) in [6, 6.07) is 0. The average molecular weight is 194 g/mol. The van der Waals surface area contributed by atoms with Crippen molar-refractivity contribution in [1.82, 2.24) is 0 Å². The van der Waals surface area contributed by atoms with E-state index in [1.807, 2.05) is 13.8 Å². The van der Waals surface area contributed by atoms with Crippen molar-refractivity contribution in [3.05, 3.63) is 23.5 Å². The van der Waals surface area contributed by atoms with Crippen LogP contribution in [0.15, 0.2) is 23.5 Å². The summed E-state index contributed by atoms with van der Waals surface area (Å²) in [5.41, 5.74) is 0.516. The average Bonchev–Trinajstić information content (AvgIpc) is 2.18. The van der Waals surface area contributed by atoms with Crippen LogP contribution in [0.25, 0.3) is 0 Å². The fraction of sp³-hybridized carbons (Fsp3) is 0.455. The Morgan fingerprint density at radius 3 is 2.50 bits per heavy atom. The van der Waals surface area contributed by atoms with Crippen molar-refractivity contribution in [3.63, 3.8) is 0 Å². The lowest BCUT2D eigenvalue weighted by molar-refractivity contribution is -0.132. The number of allylic oxidation sites excluding steroid dienone is 3. The highest BCUT2D eigenvalue weighted by atomic mass is 16.5. The predicted molar refractivity (Wildman–Crippen MR) is 52.7 cm³/mol. The van der Waals surface area contributed by atoms with Gasteiger partial charge in [-0.2, -0.15) is 0 Å². The van der Waals surface area contributed by atoms with Gasteiger partial charge in [0.2, 0.25) is 11.6 Å². The summed E-state index contributed by atoms with van der Waals surface area (Å²) < 4.78 is 5.29. The van der Waals surface area contributed by atoms with Gasteiger partial charge in [-0.3, -0.25) is 9.59 Å². The van der Waals surface area contributed by atoms with Gasteiger partial charge in [0.25, 0.3) is 0 Å². The summed E-state index contributed by atoms with van der Waals surface area (Å²) in [5, 5.41) is 0. The summed E-state index contributed by atoms with van der Waals surface area (Å²) in [5.74, 6) is -0.311. The van der Waals surface area contributed by atoms with Gasteiger partial charge >= 0.3 is 0 Å². The third-order valence-electron chi connectivity index (χ3n) is 1.98. The normalized spacial score (nSPS) is 16.4. The zero-order chi connectivity index (χ0) is 10.6. The zero-order valence-corrected chi connectivity index (χ0v) is 8.50. The summed E-state index contributed by atoms with van der Waals surface area (Å²) in [4.78, 5) is 22.6. The van der Waals surface area contributed by atoms with Crippen molar-refractivity contribution in [3.8, 4) is 0 Å². The zero-order valence-electron chi connectivity index (χ0n) is 8.50. The number of ether oxygens (including phenoxy) is 1. The van der Waals surface area contributed by atoms with Crippen molar-refractivity contribution in [1.29, 1.82) is 0 Å². The second-order valence-corrected chi connectivity index (χ2v) is 3.05. The molecule has 0 radical (unpaired) electrons. The molecule has 0 saturated carbocycles. The molecule has 1 rings (SSSR count). The maximum atomic E-state index is 11.5. The molecule has 76 valence electrons. The first kappa shape index (κ1) is 10.7. The molecular weight excluding hydrogens is 180 g/mol. The Morgan fingerprint density at radius 1 is 1.21 bits per heavy atom. The quantitative estimate of drug-likeness (QED) is 0.506. The summed E-state index contributed by atoms with van der Waals surface area (Å²) in [6.45, 7) is 4.33. The fourth-order valence-electron chi connectivity index (χ4n) is 1.37. The van der Waals surface area contributed by atoms with Crippen LogP contribution in [0.2, 0.25) is 0 Å². The monoisotopic (exact) mass is 194 g/mol. The van der Waals surface area contributed by atoms with Crippen LogP contribution in [-0.4, -0.2) is 18.2 Å². The van der Waals surface area contributed by atoms with Gasteiger partial charge in [-0.1, -0.05) is 13.3 Å². The Hall–Kier alpha value is -1.38. The molecule has 0 spiro atoms. The van der Waals surface area contributed by atoms with E-state index >= 15 is 0 Å². The Bertz CT molecular complexity index is 310. The third kappa shape index (κ3) is 2.10. The number of Topliss-reactive ketones (excluding diaryl/α,β-unsaturated/α-hetero) is 1. The van der Waals surface area contributed by atoms with E-state index < -0.39 is 11.6 Å². The molecule has 0 aromatic heterocycles. The summed E-state index contributed by atoms with van der Waals surface area (Å²) >= 11 is 0. The third-order valence-corrected chi connectivity index (χ3v) is 1.98. The molecule has 3 nitrogen and oxygen atoms in total. The number of ketones is 2. The molecule has 0 saturated heterocycles. The molecule has 0 bridgehead atoms. The maximum Gasteiger partial charge on any atom is 0.232 e. The lowest BCUT2D eigenvalue weighted by Crippen LogP contribution is -2.19. The van der Waals surface area contributed by atoms with Crippen LogP contribution in [-0.2, 0) is 14.3 Å². The molecule has 1 aliphatic rings. The van der Waals surface area contributed by atoms with E-state index in [9.17, 15) is 9.59 Å². The van der Waals surface area contributed by atoms with Crippen molar-refractivity contribution in [2.24, 2.45) is 0 Å². The van der Waals surface area contributed by atoms with Gasteiger partial charge in [-0.15, -0.1) is 0 Å². The van der Waals surface area contributed by atoms with E-state index in [2.05, 4.69) is 0 Å². The second-order valence-electron chi connectivity index (χ2n) is 3.05. The highest BCUT2D eigenvalue weighted by Gasteiger charge is 2.23. The highest BCUT2D eigenvalue weighted by Crippen LogP contribution is 2.19. The van der Waals surface area contributed by atoms with Gasteiger partial charge in [0.15, 0.2) is 0 Å². The largest absolute Gasteiger partial charge is 0.493 e. The minimum atomic E-state index is -0.447. The van der Waals surface area contributed by atoms with Gasteiger partial charge < -0.3 is 4.74 Å². The van der Waals surface area contributed by atoms with Gasteiger partial charge in [0.1, 0.15) is 5.76 Å². The molecule has 0 heterocycles. The van der Waals surface area contributed by atoms with Gasteiger partial charge in [0, 0.05) is 5.57 Å². The SMILES string of the molecule is CCCC1=C(OCC)C=CC(=O)C1=O. The van der Waals surface area contributed by atoms with Crippen LogP contribution in [0, 0.1) is 0 Å². The summed E-state index contributed by atoms with van der Waals surface area (Å²) in [6.07, 6.45) is 4.29. The standard InChI is InChI=1S/C11H14O3/c1-3-5-8-10(14-4-2)7-6-9(12)11(8)13/h6-7H,3-5H2,1-2H3. The lowest BCUT2D eigenvalue weighted by atomic mass is 9.97. The molecule has 0 atom stereocenters. The second kappa shape index (κ2) is 4.74. The van der Waals surface area contributed by atoms with Crippen LogP contribution < -0.4 is 0 Å². The van der Waals surface area contributed by atoms with Crippen molar-refractivity contribution in [2.75, 3.05) is 6.61 Å². The minimum Gasteiger partial charge on any atom is -0.493 e. The minimum absolute atomic E-state index is 0.419. The fourth-order valence-corrected chi connectivity index (χ4v) is 1.37. The molecule has 3 heteroatoms. The molecule has 0 aromatic rings. The lowest BCUT2D eigenvalue weighted by Gasteiger charge is -2.13. The number of carbonyl (C=O) groups is 2. The Kier molecular flexibility index (Phi) is 3.63. The number of hydrogen-bond acceptors (Lipinski definition) is 3. The van der Waals surface area contributed by atoms with Gasteiger partial charge in [-0.05, 0) is 25.5 Å². The predicted octanol–water partition coefficient (Wildman–Crippen LogP) is 1.79. The summed E-state index contributed by atoms with van der Waals surface area (Å²) in [7, 11) is 0. The molecule has 0 fully saturated rings. The molecule has 1 aliphatic carbocycles. The van der Waals surface area contributed by atoms with Crippen LogP contribution in [0.4, 0.5) is 0 Å². The van der Waals surface area contributed by atoms with Gasteiger partial charge in [0.05, 0.1) is 6.61 Å². The molecule has 0 aliphatic heterocycles. The smallest absolute Gasteiger partial charge is 0.232 e. The van der Waals surface area contributed by atoms with E-state index in [1.165, 1.54) is 6.08 Å².